The largest absolute Gasteiger partial charge is 0.495 e. The number of aromatic nitrogens is 1. The first-order valence-electron chi connectivity index (χ1n) is 4.11. The van der Waals surface area contributed by atoms with Crippen molar-refractivity contribution in [2.24, 2.45) is 0 Å². The molecule has 0 bridgehead atoms. The first-order chi connectivity index (χ1) is 7.13. The van der Waals surface area contributed by atoms with Crippen LogP contribution in [0.2, 0.25) is 15.2 Å². The summed E-state index contributed by atoms with van der Waals surface area (Å²) >= 11 is 17.9. The van der Waals surface area contributed by atoms with E-state index in [0.717, 1.165) is 0 Å². The molecule has 0 aliphatic heterocycles. The highest BCUT2D eigenvalue weighted by Gasteiger charge is 2.11. The molecule has 0 aliphatic rings. The van der Waals surface area contributed by atoms with Crippen LogP contribution in [0, 0.1) is 0 Å². The first-order valence-corrected chi connectivity index (χ1v) is 5.25. The fraction of sp³-hybridized carbons (Fsp3) is 0.100. The van der Waals surface area contributed by atoms with Gasteiger partial charge in [-0.2, -0.15) is 0 Å². The van der Waals surface area contributed by atoms with Crippen molar-refractivity contribution in [3.05, 3.63) is 33.4 Å². The Balaban J connectivity index is 2.87. The van der Waals surface area contributed by atoms with Crippen LogP contribution in [0.5, 0.6) is 5.75 Å². The topological polar surface area (TPSA) is 22.1 Å². The third-order valence-corrected chi connectivity index (χ3v) is 2.88. The summed E-state index contributed by atoms with van der Waals surface area (Å²) in [5.41, 5.74) is 0.651. The highest BCUT2D eigenvalue weighted by Crippen LogP contribution is 2.36. The van der Waals surface area contributed by atoms with Crippen LogP contribution in [0.25, 0.3) is 10.9 Å². The maximum atomic E-state index is 6.11. The standard InChI is InChI=1S/C10H6Cl3NO/c1-15-7-3-2-6-9(10(7)13)5(11)4-8(12)14-6/h2-4H,1H3. The van der Waals surface area contributed by atoms with Gasteiger partial charge in [0, 0.05) is 5.39 Å². The number of fused-ring (bicyclic) bond motifs is 1. The third-order valence-electron chi connectivity index (χ3n) is 2.02. The molecular formula is C10H6Cl3NO. The van der Waals surface area contributed by atoms with E-state index in [9.17, 15) is 0 Å². The van der Waals surface area contributed by atoms with Crippen molar-refractivity contribution in [3.8, 4) is 5.75 Å². The van der Waals surface area contributed by atoms with Crippen molar-refractivity contribution in [2.75, 3.05) is 7.11 Å². The van der Waals surface area contributed by atoms with Gasteiger partial charge < -0.3 is 4.74 Å². The first kappa shape index (κ1) is 10.8. The van der Waals surface area contributed by atoms with E-state index in [-0.39, 0.29) is 0 Å². The molecule has 0 N–H and O–H groups in total. The summed E-state index contributed by atoms with van der Waals surface area (Å²) in [6, 6.07) is 5.04. The van der Waals surface area contributed by atoms with Crippen molar-refractivity contribution in [1.82, 2.24) is 4.98 Å². The minimum absolute atomic E-state index is 0.341. The number of ether oxygens (including phenoxy) is 1. The number of nitrogens with zero attached hydrogens (tertiary/aromatic N) is 1. The van der Waals surface area contributed by atoms with E-state index in [2.05, 4.69) is 4.98 Å². The van der Waals surface area contributed by atoms with Gasteiger partial charge in [0.25, 0.3) is 0 Å². The van der Waals surface area contributed by atoms with E-state index >= 15 is 0 Å². The molecule has 5 heteroatoms. The van der Waals surface area contributed by atoms with E-state index in [4.69, 9.17) is 39.5 Å². The predicted molar refractivity (Wildman–Crippen MR) is 63.3 cm³/mol. The summed E-state index contributed by atoms with van der Waals surface area (Å²) in [4.78, 5) is 4.11. The number of rotatable bonds is 1. The van der Waals surface area contributed by atoms with Gasteiger partial charge in [-0.05, 0) is 18.2 Å². The van der Waals surface area contributed by atoms with Gasteiger partial charge in [0.2, 0.25) is 0 Å². The monoisotopic (exact) mass is 261 g/mol. The Kier molecular flexibility index (Phi) is 2.91. The van der Waals surface area contributed by atoms with Gasteiger partial charge >= 0.3 is 0 Å². The van der Waals surface area contributed by atoms with Gasteiger partial charge in [-0.1, -0.05) is 34.8 Å². The summed E-state index contributed by atoms with van der Waals surface area (Å²) in [6.45, 7) is 0. The number of hydrogen-bond donors (Lipinski definition) is 0. The second-order valence-electron chi connectivity index (χ2n) is 2.90. The zero-order valence-corrected chi connectivity index (χ0v) is 9.99. The number of pyridine rings is 1. The van der Waals surface area contributed by atoms with E-state index in [1.807, 2.05) is 0 Å². The van der Waals surface area contributed by atoms with E-state index in [1.54, 1.807) is 25.3 Å². The summed E-state index contributed by atoms with van der Waals surface area (Å²) in [5.74, 6) is 0.565. The number of benzene rings is 1. The Morgan fingerprint density at radius 3 is 2.60 bits per heavy atom. The normalized spacial score (nSPS) is 10.7. The zero-order chi connectivity index (χ0) is 11.0. The highest BCUT2D eigenvalue weighted by atomic mass is 35.5. The Morgan fingerprint density at radius 1 is 1.20 bits per heavy atom. The molecule has 78 valence electrons. The van der Waals surface area contributed by atoms with Gasteiger partial charge in [-0.25, -0.2) is 4.98 Å². The molecule has 2 nitrogen and oxygen atoms in total. The van der Waals surface area contributed by atoms with Crippen LogP contribution in [0.1, 0.15) is 0 Å². The van der Waals surface area contributed by atoms with Crippen LogP contribution in [0.4, 0.5) is 0 Å². The Morgan fingerprint density at radius 2 is 1.93 bits per heavy atom. The molecule has 2 aromatic rings. The molecule has 0 atom stereocenters. The van der Waals surface area contributed by atoms with Gasteiger partial charge in [0.15, 0.2) is 0 Å². The molecule has 0 saturated heterocycles. The lowest BCUT2D eigenvalue weighted by Crippen LogP contribution is -1.88. The summed E-state index contributed by atoms with van der Waals surface area (Å²) in [5, 5.41) is 1.91. The lowest BCUT2D eigenvalue weighted by molar-refractivity contribution is 0.415. The summed E-state index contributed by atoms with van der Waals surface area (Å²) in [6.07, 6.45) is 0. The SMILES string of the molecule is COc1ccc2nc(Cl)cc(Cl)c2c1Cl. The second kappa shape index (κ2) is 4.05. The van der Waals surface area contributed by atoms with Crippen LogP contribution in [-0.2, 0) is 0 Å². The molecule has 2 rings (SSSR count). The average molecular weight is 263 g/mol. The molecule has 0 spiro atoms. The van der Waals surface area contributed by atoms with E-state index in [0.29, 0.717) is 31.9 Å². The van der Waals surface area contributed by atoms with Gasteiger partial charge in [0.05, 0.1) is 22.7 Å². The van der Waals surface area contributed by atoms with Gasteiger partial charge in [0.1, 0.15) is 10.9 Å². The van der Waals surface area contributed by atoms with Crippen LogP contribution in [0.15, 0.2) is 18.2 Å². The fourth-order valence-electron chi connectivity index (χ4n) is 1.35. The van der Waals surface area contributed by atoms with Crippen LogP contribution in [-0.4, -0.2) is 12.1 Å². The maximum Gasteiger partial charge on any atom is 0.138 e. The van der Waals surface area contributed by atoms with Crippen molar-refractivity contribution in [1.29, 1.82) is 0 Å². The van der Waals surface area contributed by atoms with Crippen molar-refractivity contribution < 1.29 is 4.74 Å². The van der Waals surface area contributed by atoms with Crippen LogP contribution in [0.3, 0.4) is 0 Å². The molecule has 0 fully saturated rings. The molecule has 1 aromatic carbocycles. The molecule has 0 aliphatic carbocycles. The number of methoxy groups -OCH3 is 1. The summed E-state index contributed by atoms with van der Waals surface area (Å²) < 4.78 is 5.09. The molecule has 0 saturated carbocycles. The molecule has 1 aromatic heterocycles. The van der Waals surface area contributed by atoms with Gasteiger partial charge in [-0.15, -0.1) is 0 Å². The quantitative estimate of drug-likeness (QED) is 0.719. The second-order valence-corrected chi connectivity index (χ2v) is 4.08. The van der Waals surface area contributed by atoms with Crippen molar-refractivity contribution in [2.45, 2.75) is 0 Å². The van der Waals surface area contributed by atoms with E-state index in [1.165, 1.54) is 0 Å². The van der Waals surface area contributed by atoms with Gasteiger partial charge in [-0.3, -0.25) is 0 Å². The van der Waals surface area contributed by atoms with Crippen LogP contribution < -0.4 is 4.74 Å². The molecule has 1 heterocycles. The van der Waals surface area contributed by atoms with Crippen molar-refractivity contribution >= 4 is 45.7 Å². The smallest absolute Gasteiger partial charge is 0.138 e. The molecular weight excluding hydrogens is 256 g/mol. The highest BCUT2D eigenvalue weighted by molar-refractivity contribution is 6.43. The van der Waals surface area contributed by atoms with Crippen molar-refractivity contribution in [3.63, 3.8) is 0 Å². The number of halogens is 3. The average Bonchev–Trinajstić information content (AvgIpc) is 2.17. The lowest BCUT2D eigenvalue weighted by atomic mass is 10.2. The molecule has 0 unspecified atom stereocenters. The Labute approximate surface area is 102 Å². The minimum Gasteiger partial charge on any atom is -0.495 e. The van der Waals surface area contributed by atoms with Crippen LogP contribution >= 0.6 is 34.8 Å². The molecule has 0 amide bonds. The number of hydrogen-bond acceptors (Lipinski definition) is 2. The summed E-state index contributed by atoms with van der Waals surface area (Å²) in [7, 11) is 1.55. The maximum absolute atomic E-state index is 6.11. The molecule has 0 radical (unpaired) electrons. The van der Waals surface area contributed by atoms with E-state index < -0.39 is 0 Å². The minimum atomic E-state index is 0.341. The molecule has 15 heavy (non-hydrogen) atoms. The Hall–Kier alpha value is -0.700. The third kappa shape index (κ3) is 1.85. The fourth-order valence-corrected chi connectivity index (χ4v) is 2.29. The zero-order valence-electron chi connectivity index (χ0n) is 7.72. The lowest BCUT2D eigenvalue weighted by Gasteiger charge is -2.07. The predicted octanol–water partition coefficient (Wildman–Crippen LogP) is 4.20. The Bertz CT molecular complexity index is 528.